The van der Waals surface area contributed by atoms with E-state index in [0.29, 0.717) is 38.8 Å². The maximum absolute atomic E-state index is 12.6. The highest BCUT2D eigenvalue weighted by Gasteiger charge is 2.27. The molecule has 0 saturated carbocycles. The van der Waals surface area contributed by atoms with Crippen molar-refractivity contribution >= 4 is 17.7 Å². The first kappa shape index (κ1) is 25.3. The topological polar surface area (TPSA) is 179 Å². The predicted octanol–water partition coefficient (Wildman–Crippen LogP) is -0.927. The summed E-state index contributed by atoms with van der Waals surface area (Å²) in [6, 6.07) is -2.25. The number of hydrogen-bond donors (Lipinski definition) is 6. The van der Waals surface area contributed by atoms with Gasteiger partial charge >= 0.3 is 0 Å². The summed E-state index contributed by atoms with van der Waals surface area (Å²) in [5, 5.41) is 5.36. The minimum absolute atomic E-state index is 0.166. The van der Waals surface area contributed by atoms with Crippen LogP contribution in [0.2, 0.25) is 0 Å². The molecule has 0 aliphatic heterocycles. The molecule has 0 rings (SSSR count). The molecule has 0 fully saturated rings. The van der Waals surface area contributed by atoms with E-state index in [1.807, 2.05) is 13.8 Å². The smallest absolute Gasteiger partial charge is 0.243 e. The van der Waals surface area contributed by atoms with E-state index in [4.69, 9.17) is 22.9 Å². The Bertz CT molecular complexity index is 458. The molecule has 0 aromatic rings. The second-order valence-electron chi connectivity index (χ2n) is 7.33. The number of carbonyl (C=O) groups excluding carboxylic acids is 3. The summed E-state index contributed by atoms with van der Waals surface area (Å²) in [7, 11) is 0. The molecule has 0 aliphatic rings. The molecule has 10 N–H and O–H groups in total. The Morgan fingerprint density at radius 2 is 1.33 bits per heavy atom. The zero-order valence-electron chi connectivity index (χ0n) is 16.7. The summed E-state index contributed by atoms with van der Waals surface area (Å²) in [4.78, 5) is 36.6. The Hall–Kier alpha value is -1.71. The van der Waals surface area contributed by atoms with Gasteiger partial charge in [-0.3, -0.25) is 14.4 Å². The number of rotatable bonds is 15. The van der Waals surface area contributed by atoms with Crippen LogP contribution >= 0.6 is 0 Å². The first-order valence-corrected chi connectivity index (χ1v) is 9.78. The third kappa shape index (κ3) is 11.6. The van der Waals surface area contributed by atoms with Crippen molar-refractivity contribution in [1.82, 2.24) is 10.6 Å². The van der Waals surface area contributed by atoms with Gasteiger partial charge in [0.1, 0.15) is 12.1 Å². The lowest BCUT2D eigenvalue weighted by molar-refractivity contribution is -0.132. The van der Waals surface area contributed by atoms with Gasteiger partial charge in [-0.25, -0.2) is 0 Å². The Morgan fingerprint density at radius 3 is 1.81 bits per heavy atom. The molecule has 0 radical (unpaired) electrons. The van der Waals surface area contributed by atoms with E-state index >= 15 is 0 Å². The van der Waals surface area contributed by atoms with Crippen LogP contribution in [0.15, 0.2) is 0 Å². The van der Waals surface area contributed by atoms with Crippen molar-refractivity contribution in [3.8, 4) is 0 Å². The van der Waals surface area contributed by atoms with E-state index in [1.165, 1.54) is 0 Å². The molecule has 0 saturated heterocycles. The lowest BCUT2D eigenvalue weighted by Gasteiger charge is -2.24. The van der Waals surface area contributed by atoms with Gasteiger partial charge in [0.25, 0.3) is 0 Å². The number of unbranched alkanes of at least 4 members (excludes halogenated alkanes) is 2. The molecular weight excluding hydrogens is 348 g/mol. The molecule has 0 unspecified atom stereocenters. The second-order valence-corrected chi connectivity index (χ2v) is 7.33. The maximum Gasteiger partial charge on any atom is 0.243 e. The van der Waals surface area contributed by atoms with Crippen molar-refractivity contribution in [2.24, 2.45) is 28.9 Å². The van der Waals surface area contributed by atoms with Crippen LogP contribution in [0.25, 0.3) is 0 Å². The van der Waals surface area contributed by atoms with E-state index < -0.39 is 29.9 Å². The molecule has 0 heterocycles. The number of nitrogens with two attached hydrogens (primary N) is 4. The molecule has 9 nitrogen and oxygen atoms in total. The molecule has 0 aromatic heterocycles. The van der Waals surface area contributed by atoms with Crippen LogP contribution in [0.5, 0.6) is 0 Å². The first-order chi connectivity index (χ1) is 12.7. The fraction of sp³-hybridized carbons (Fsp3) is 0.833. The van der Waals surface area contributed by atoms with Gasteiger partial charge in [-0.15, -0.1) is 0 Å². The van der Waals surface area contributed by atoms with Crippen molar-refractivity contribution < 1.29 is 14.4 Å². The van der Waals surface area contributed by atoms with Gasteiger partial charge in [-0.2, -0.15) is 0 Å². The minimum atomic E-state index is -0.783. The number of hydrogen-bond acceptors (Lipinski definition) is 6. The predicted molar refractivity (Wildman–Crippen MR) is 106 cm³/mol. The number of amides is 3. The zero-order chi connectivity index (χ0) is 20.8. The van der Waals surface area contributed by atoms with Crippen LogP contribution in [0.4, 0.5) is 0 Å². The minimum Gasteiger partial charge on any atom is -0.368 e. The van der Waals surface area contributed by atoms with E-state index in [1.54, 1.807) is 0 Å². The fourth-order valence-corrected chi connectivity index (χ4v) is 2.67. The molecular formula is C18H38N6O3. The third-order valence-electron chi connectivity index (χ3n) is 4.25. The monoisotopic (exact) mass is 386 g/mol. The van der Waals surface area contributed by atoms with Crippen LogP contribution in [0, 0.1) is 5.92 Å². The van der Waals surface area contributed by atoms with E-state index in [0.717, 1.165) is 19.3 Å². The number of nitrogens with one attached hydrogen (secondary N) is 2. The Labute approximate surface area is 162 Å². The lowest BCUT2D eigenvalue weighted by atomic mass is 10.0. The van der Waals surface area contributed by atoms with Gasteiger partial charge in [0.15, 0.2) is 0 Å². The Morgan fingerprint density at radius 1 is 0.815 bits per heavy atom. The molecule has 3 amide bonds. The van der Waals surface area contributed by atoms with Crippen molar-refractivity contribution in [3.63, 3.8) is 0 Å². The Balaban J connectivity index is 4.86. The average Bonchev–Trinajstić information content (AvgIpc) is 2.59. The highest BCUT2D eigenvalue weighted by Crippen LogP contribution is 2.08. The van der Waals surface area contributed by atoms with Crippen molar-refractivity contribution in [2.45, 2.75) is 76.9 Å². The van der Waals surface area contributed by atoms with Crippen LogP contribution < -0.4 is 33.6 Å². The summed E-state index contributed by atoms with van der Waals surface area (Å²) >= 11 is 0. The lowest BCUT2D eigenvalue weighted by Crippen LogP contribution is -2.55. The first-order valence-electron chi connectivity index (χ1n) is 9.78. The molecule has 158 valence electrons. The highest BCUT2D eigenvalue weighted by atomic mass is 16.2. The van der Waals surface area contributed by atoms with E-state index in [2.05, 4.69) is 10.6 Å². The number of carbonyl (C=O) groups is 3. The van der Waals surface area contributed by atoms with Crippen LogP contribution in [0.1, 0.15) is 58.8 Å². The SMILES string of the molecule is CC(C)C[C@H](NC(=O)[C@@H](N)CCCCN)C(=O)N[C@@H](CCCCN)C(N)=O. The van der Waals surface area contributed by atoms with Crippen molar-refractivity contribution in [1.29, 1.82) is 0 Å². The summed E-state index contributed by atoms with van der Waals surface area (Å²) in [6.45, 7) is 4.94. The normalized spacial score (nSPS) is 14.4. The average molecular weight is 387 g/mol. The molecule has 0 spiro atoms. The molecule has 0 aliphatic carbocycles. The van der Waals surface area contributed by atoms with Gasteiger partial charge in [-0.1, -0.05) is 20.3 Å². The summed E-state index contributed by atoms with van der Waals surface area (Å²) < 4.78 is 0. The second kappa shape index (κ2) is 14.4. The number of primary amides is 1. The molecule has 9 heteroatoms. The maximum atomic E-state index is 12.6. The van der Waals surface area contributed by atoms with Crippen LogP contribution in [-0.2, 0) is 14.4 Å². The van der Waals surface area contributed by atoms with Gasteiger partial charge in [0, 0.05) is 0 Å². The summed E-state index contributed by atoms with van der Waals surface area (Å²) in [5.74, 6) is -1.25. The van der Waals surface area contributed by atoms with Crippen LogP contribution in [0.3, 0.4) is 0 Å². The third-order valence-corrected chi connectivity index (χ3v) is 4.25. The largest absolute Gasteiger partial charge is 0.368 e. The van der Waals surface area contributed by atoms with E-state index in [9.17, 15) is 14.4 Å². The van der Waals surface area contributed by atoms with Gasteiger partial charge in [0.2, 0.25) is 17.7 Å². The molecule has 3 atom stereocenters. The van der Waals surface area contributed by atoms with Gasteiger partial charge in [0.05, 0.1) is 6.04 Å². The highest BCUT2D eigenvalue weighted by molar-refractivity contribution is 5.92. The summed E-state index contributed by atoms with van der Waals surface area (Å²) in [6.07, 6.45) is 4.31. The van der Waals surface area contributed by atoms with E-state index in [-0.39, 0.29) is 11.8 Å². The summed E-state index contributed by atoms with van der Waals surface area (Å²) in [5.41, 5.74) is 22.2. The zero-order valence-corrected chi connectivity index (χ0v) is 16.7. The molecule has 0 bridgehead atoms. The molecule has 27 heavy (non-hydrogen) atoms. The quantitative estimate of drug-likeness (QED) is 0.198. The Kier molecular flexibility index (Phi) is 13.5. The van der Waals surface area contributed by atoms with Crippen molar-refractivity contribution in [2.75, 3.05) is 13.1 Å². The standard InChI is InChI=1S/C18H38N6O3/c1-12(2)11-15(24-17(26)13(21)7-3-5-9-19)18(27)23-14(16(22)25)8-4-6-10-20/h12-15H,3-11,19-21H2,1-2H3,(H2,22,25)(H,23,27)(H,24,26)/t13-,14-,15-/m0/s1. The fourth-order valence-electron chi connectivity index (χ4n) is 2.67. The van der Waals surface area contributed by atoms with Gasteiger partial charge in [-0.05, 0) is 57.5 Å². The van der Waals surface area contributed by atoms with Gasteiger partial charge < -0.3 is 33.6 Å². The van der Waals surface area contributed by atoms with Crippen molar-refractivity contribution in [3.05, 3.63) is 0 Å². The van der Waals surface area contributed by atoms with Crippen LogP contribution in [-0.4, -0.2) is 48.9 Å². The molecule has 0 aromatic carbocycles.